The lowest BCUT2D eigenvalue weighted by Crippen LogP contribution is -2.42. The first kappa shape index (κ1) is 32.2. The number of hydrogen-bond acceptors (Lipinski definition) is 6. The van der Waals surface area contributed by atoms with Gasteiger partial charge < -0.3 is 0 Å². The molecule has 51 heavy (non-hydrogen) atoms. The summed E-state index contributed by atoms with van der Waals surface area (Å²) in [5.41, 5.74) is 9.62. The van der Waals surface area contributed by atoms with Gasteiger partial charge in [-0.2, -0.15) is 10.5 Å². The molecular formula is C45H38N6. The van der Waals surface area contributed by atoms with Crippen LogP contribution >= 0.6 is 0 Å². The molecule has 8 rings (SSSR count). The fourth-order valence-electron chi connectivity index (χ4n) is 8.86. The molecule has 2 bridgehead atoms. The number of nitriles is 2. The third-order valence-electron chi connectivity index (χ3n) is 10.8. The predicted octanol–water partition coefficient (Wildman–Crippen LogP) is 10.4. The summed E-state index contributed by atoms with van der Waals surface area (Å²) in [5.74, 6) is 3.95. The Morgan fingerprint density at radius 1 is 0.510 bits per heavy atom. The Labute approximate surface area is 299 Å². The molecule has 4 aromatic carbocycles. The van der Waals surface area contributed by atoms with Crippen molar-refractivity contribution in [2.75, 3.05) is 0 Å². The highest BCUT2D eigenvalue weighted by Crippen LogP contribution is 2.54. The summed E-state index contributed by atoms with van der Waals surface area (Å²) < 4.78 is 0. The van der Waals surface area contributed by atoms with Gasteiger partial charge >= 0.3 is 0 Å². The number of nitrogens with zero attached hydrogens (tertiary/aromatic N) is 6. The van der Waals surface area contributed by atoms with E-state index in [1.807, 2.05) is 48.5 Å². The van der Waals surface area contributed by atoms with Crippen molar-refractivity contribution in [2.45, 2.75) is 51.4 Å². The van der Waals surface area contributed by atoms with Crippen molar-refractivity contribution in [1.82, 2.24) is 19.9 Å². The number of pyridine rings is 1. The van der Waals surface area contributed by atoms with Crippen LogP contribution in [0.15, 0.2) is 116 Å². The highest BCUT2D eigenvalue weighted by atomic mass is 15.0. The van der Waals surface area contributed by atoms with Crippen molar-refractivity contribution in [2.24, 2.45) is 17.8 Å². The summed E-state index contributed by atoms with van der Waals surface area (Å²) in [4.78, 5) is 19.1. The van der Waals surface area contributed by atoms with Crippen LogP contribution in [0.25, 0.3) is 56.4 Å². The monoisotopic (exact) mass is 662 g/mol. The van der Waals surface area contributed by atoms with E-state index < -0.39 is 0 Å². The summed E-state index contributed by atoms with van der Waals surface area (Å²) >= 11 is 0. The number of benzene rings is 4. The molecule has 2 saturated carbocycles. The summed E-state index contributed by atoms with van der Waals surface area (Å²) in [7, 11) is 0. The van der Waals surface area contributed by atoms with Gasteiger partial charge in [-0.05, 0) is 150 Å². The van der Waals surface area contributed by atoms with Crippen LogP contribution in [0.1, 0.15) is 62.6 Å². The molecule has 2 aliphatic carbocycles. The second kappa shape index (κ2) is 13.4. The lowest BCUT2D eigenvalue weighted by atomic mass is 9.54. The third kappa shape index (κ3) is 6.54. The second-order valence-electron chi connectivity index (χ2n) is 14.7. The van der Waals surface area contributed by atoms with Crippen LogP contribution in [0, 0.1) is 40.4 Å². The average molecular weight is 663 g/mol. The van der Waals surface area contributed by atoms with Gasteiger partial charge in [-0.25, -0.2) is 15.0 Å². The smallest absolute Gasteiger partial charge is 0.164 e. The molecule has 6 nitrogen and oxygen atoms in total. The highest BCUT2D eigenvalue weighted by Gasteiger charge is 2.45. The first-order chi connectivity index (χ1) is 24.9. The fraction of sp³-hybridized carbons (Fsp3) is 0.244. The molecule has 6 heteroatoms. The minimum absolute atomic E-state index is 0.268. The number of hydrogen-bond donors (Lipinski definition) is 0. The van der Waals surface area contributed by atoms with Crippen LogP contribution < -0.4 is 0 Å². The molecule has 248 valence electrons. The van der Waals surface area contributed by atoms with E-state index in [9.17, 15) is 10.5 Å². The van der Waals surface area contributed by atoms with Crippen LogP contribution in [-0.4, -0.2) is 19.9 Å². The van der Waals surface area contributed by atoms with E-state index in [0.29, 0.717) is 28.6 Å². The minimum Gasteiger partial charge on any atom is -0.265 e. The summed E-state index contributed by atoms with van der Waals surface area (Å²) in [6.07, 6.45) is 10.0. The van der Waals surface area contributed by atoms with Crippen LogP contribution in [0.3, 0.4) is 0 Å². The molecule has 2 fully saturated rings. The first-order valence-corrected chi connectivity index (χ1v) is 17.8. The fourth-order valence-corrected chi connectivity index (χ4v) is 8.86. The Morgan fingerprint density at radius 2 is 0.941 bits per heavy atom. The molecule has 3 unspecified atom stereocenters. The van der Waals surface area contributed by atoms with E-state index in [-0.39, 0.29) is 5.41 Å². The quantitative estimate of drug-likeness (QED) is 0.176. The van der Waals surface area contributed by atoms with Gasteiger partial charge in [-0.15, -0.1) is 0 Å². The molecule has 0 N–H and O–H groups in total. The van der Waals surface area contributed by atoms with E-state index >= 15 is 0 Å². The molecule has 0 spiro atoms. The number of aromatic nitrogens is 4. The van der Waals surface area contributed by atoms with Gasteiger partial charge in [0, 0.05) is 29.1 Å². The van der Waals surface area contributed by atoms with Gasteiger partial charge in [0.2, 0.25) is 0 Å². The summed E-state index contributed by atoms with van der Waals surface area (Å²) in [6, 6.07) is 39.0. The Hall–Kier alpha value is -5.98. The maximum Gasteiger partial charge on any atom is 0.164 e. The van der Waals surface area contributed by atoms with E-state index in [0.717, 1.165) is 56.7 Å². The maximum atomic E-state index is 9.46. The van der Waals surface area contributed by atoms with E-state index in [1.54, 1.807) is 24.5 Å². The molecule has 2 aromatic heterocycles. The minimum atomic E-state index is 0.268. The molecule has 2 heterocycles. The molecule has 0 amide bonds. The van der Waals surface area contributed by atoms with Crippen LogP contribution in [0.2, 0.25) is 0 Å². The molecule has 4 atom stereocenters. The van der Waals surface area contributed by atoms with Crippen molar-refractivity contribution in [3.8, 4) is 68.6 Å². The standard InChI is InChI=1S/C45H38N6/c1-29-19-33-20-30(2)25-45(24-29,26-33)41-13-11-35(12-14-41)39-21-38(34-7-3-31(27-46)4-8-34)22-40(23-39)44-50-42(36-9-5-32(28-47)6-10-36)49-43(51-44)37-15-17-48-18-16-37/h3-18,21-23,29-30,33H,19-20,24-26H2,1-2H3/t29-,30?,33?,45?/m0/s1. The molecule has 0 saturated heterocycles. The topological polar surface area (TPSA) is 99.1 Å². The molecule has 0 aliphatic heterocycles. The number of fused-ring (bicyclic) bond motifs is 2. The maximum absolute atomic E-state index is 9.46. The zero-order valence-corrected chi connectivity index (χ0v) is 28.9. The van der Waals surface area contributed by atoms with E-state index in [1.165, 1.54) is 37.7 Å². The van der Waals surface area contributed by atoms with Gasteiger partial charge in [-0.1, -0.05) is 50.2 Å². The Balaban J connectivity index is 1.26. The van der Waals surface area contributed by atoms with E-state index in [2.05, 4.69) is 73.4 Å². The summed E-state index contributed by atoms with van der Waals surface area (Å²) in [6.45, 7) is 4.88. The SMILES string of the molecule is CC1CC2C[C@H](C)CC(c3ccc(-c4cc(-c5ccc(C#N)cc5)cc(-c5nc(-c6ccncc6)nc(-c6ccc(C#N)cc6)n5)c4)cc3)(C1)C2. The normalized spacial score (nSPS) is 21.0. The van der Waals surface area contributed by atoms with Gasteiger partial charge in [0.25, 0.3) is 0 Å². The predicted molar refractivity (Wildman–Crippen MR) is 201 cm³/mol. The largest absolute Gasteiger partial charge is 0.265 e. The molecule has 2 aliphatic rings. The summed E-state index contributed by atoms with van der Waals surface area (Å²) in [5, 5.41) is 18.8. The third-order valence-corrected chi connectivity index (χ3v) is 10.8. The van der Waals surface area contributed by atoms with Gasteiger partial charge in [0.05, 0.1) is 23.3 Å². The Morgan fingerprint density at radius 3 is 1.45 bits per heavy atom. The number of rotatable bonds is 6. The Bertz CT molecular complexity index is 2260. The molecular weight excluding hydrogens is 625 g/mol. The van der Waals surface area contributed by atoms with Crippen LogP contribution in [-0.2, 0) is 5.41 Å². The van der Waals surface area contributed by atoms with Gasteiger partial charge in [0.1, 0.15) is 0 Å². The van der Waals surface area contributed by atoms with Crippen molar-refractivity contribution < 1.29 is 0 Å². The van der Waals surface area contributed by atoms with Crippen LogP contribution in [0.4, 0.5) is 0 Å². The van der Waals surface area contributed by atoms with Crippen molar-refractivity contribution in [1.29, 1.82) is 10.5 Å². The zero-order chi connectivity index (χ0) is 35.0. The van der Waals surface area contributed by atoms with Crippen molar-refractivity contribution in [3.63, 3.8) is 0 Å². The molecule has 0 radical (unpaired) electrons. The van der Waals surface area contributed by atoms with Crippen LogP contribution in [0.5, 0.6) is 0 Å². The van der Waals surface area contributed by atoms with E-state index in [4.69, 9.17) is 15.0 Å². The average Bonchev–Trinajstić information content (AvgIpc) is 3.17. The second-order valence-corrected chi connectivity index (χ2v) is 14.7. The van der Waals surface area contributed by atoms with Gasteiger partial charge in [-0.3, -0.25) is 4.98 Å². The Kier molecular flexibility index (Phi) is 8.46. The molecule has 6 aromatic rings. The van der Waals surface area contributed by atoms with Crippen molar-refractivity contribution in [3.05, 3.63) is 132 Å². The zero-order valence-electron chi connectivity index (χ0n) is 28.9. The first-order valence-electron chi connectivity index (χ1n) is 17.8. The lowest BCUT2D eigenvalue weighted by Gasteiger charge is -2.50. The highest BCUT2D eigenvalue weighted by molar-refractivity contribution is 5.80. The van der Waals surface area contributed by atoms with Crippen molar-refractivity contribution >= 4 is 0 Å². The van der Waals surface area contributed by atoms with Gasteiger partial charge in [0.15, 0.2) is 17.5 Å². The lowest BCUT2D eigenvalue weighted by molar-refractivity contribution is 0.0780.